The molecular weight excluding hydrogens is 286 g/mol. The van der Waals surface area contributed by atoms with Crippen LogP contribution in [0.25, 0.3) is 0 Å². The second kappa shape index (κ2) is 8.95. The van der Waals surface area contributed by atoms with E-state index in [0.29, 0.717) is 31.3 Å². The highest BCUT2D eigenvalue weighted by Gasteiger charge is 2.15. The minimum atomic E-state index is -0.488. The third kappa shape index (κ3) is 5.14. The van der Waals surface area contributed by atoms with Gasteiger partial charge in [-0.3, -0.25) is 4.90 Å². The van der Waals surface area contributed by atoms with Gasteiger partial charge in [-0.15, -0.1) is 0 Å². The third-order valence-corrected chi connectivity index (χ3v) is 3.60. The van der Waals surface area contributed by atoms with E-state index in [1.165, 1.54) is 0 Å². The molecule has 0 aromatic heterocycles. The van der Waals surface area contributed by atoms with Gasteiger partial charge in [0, 0.05) is 19.6 Å². The second-order valence-electron chi connectivity index (χ2n) is 5.27. The lowest BCUT2D eigenvalue weighted by Crippen LogP contribution is -2.42. The van der Waals surface area contributed by atoms with Gasteiger partial charge in [-0.1, -0.05) is 6.07 Å². The van der Waals surface area contributed by atoms with Gasteiger partial charge in [0.2, 0.25) is 0 Å². The maximum atomic E-state index is 10.0. The summed E-state index contributed by atoms with van der Waals surface area (Å²) < 4.78 is 21.3. The monoisotopic (exact) mass is 311 g/mol. The van der Waals surface area contributed by atoms with Gasteiger partial charge >= 0.3 is 0 Å². The van der Waals surface area contributed by atoms with Crippen molar-refractivity contribution in [2.24, 2.45) is 0 Å². The normalized spacial score (nSPS) is 17.2. The number of nitrogens with zero attached hydrogens (tertiary/aromatic N) is 1. The first-order valence-electron chi connectivity index (χ1n) is 7.49. The minimum absolute atomic E-state index is 0.311. The lowest BCUT2D eigenvalue weighted by Gasteiger charge is -2.28. The van der Waals surface area contributed by atoms with E-state index in [2.05, 4.69) is 4.90 Å². The topological polar surface area (TPSA) is 60.4 Å². The summed E-state index contributed by atoms with van der Waals surface area (Å²) in [4.78, 5) is 2.19. The molecular formula is C16H25NO5. The molecule has 1 aromatic carbocycles. The number of ether oxygens (including phenoxy) is 4. The van der Waals surface area contributed by atoms with Crippen LogP contribution in [-0.2, 0) is 16.1 Å². The molecule has 1 aliphatic heterocycles. The summed E-state index contributed by atoms with van der Waals surface area (Å²) in [6.45, 7) is 4.57. The highest BCUT2D eigenvalue weighted by atomic mass is 16.5. The van der Waals surface area contributed by atoms with E-state index in [1.807, 2.05) is 18.2 Å². The standard InChI is InChI=1S/C16H25NO5/c1-19-15-4-3-13(9-16(15)20-2)11-22-12-14(18)10-17-5-7-21-8-6-17/h3-4,9,14,18H,5-8,10-12H2,1-2H3/t14-/m0/s1. The number of hydrogen-bond acceptors (Lipinski definition) is 6. The summed E-state index contributed by atoms with van der Waals surface area (Å²) in [6.07, 6.45) is -0.488. The van der Waals surface area contributed by atoms with Crippen molar-refractivity contribution >= 4 is 0 Å². The molecule has 124 valence electrons. The van der Waals surface area contributed by atoms with E-state index in [0.717, 1.165) is 31.9 Å². The number of hydrogen-bond donors (Lipinski definition) is 1. The van der Waals surface area contributed by atoms with Gasteiger partial charge in [0.15, 0.2) is 11.5 Å². The van der Waals surface area contributed by atoms with Crippen molar-refractivity contribution in [3.8, 4) is 11.5 Å². The SMILES string of the molecule is COc1ccc(COC[C@@H](O)CN2CCOCC2)cc1OC. The van der Waals surface area contributed by atoms with E-state index in [9.17, 15) is 5.11 Å². The zero-order valence-electron chi connectivity index (χ0n) is 13.3. The van der Waals surface area contributed by atoms with Gasteiger partial charge in [0.25, 0.3) is 0 Å². The van der Waals surface area contributed by atoms with Crippen LogP contribution in [0.4, 0.5) is 0 Å². The van der Waals surface area contributed by atoms with Crippen molar-refractivity contribution in [1.82, 2.24) is 4.90 Å². The number of aliphatic hydroxyl groups excluding tert-OH is 1. The van der Waals surface area contributed by atoms with Crippen LogP contribution in [0, 0.1) is 0 Å². The molecule has 0 radical (unpaired) electrons. The zero-order valence-corrected chi connectivity index (χ0v) is 13.3. The van der Waals surface area contributed by atoms with Crippen LogP contribution in [0.3, 0.4) is 0 Å². The van der Waals surface area contributed by atoms with Crippen molar-refractivity contribution in [2.75, 3.05) is 53.7 Å². The fraction of sp³-hybridized carbons (Fsp3) is 0.625. The number of morpholine rings is 1. The maximum Gasteiger partial charge on any atom is 0.161 e. The summed E-state index contributed by atoms with van der Waals surface area (Å²) in [5.74, 6) is 1.37. The van der Waals surface area contributed by atoms with Crippen LogP contribution in [0.15, 0.2) is 18.2 Å². The average Bonchev–Trinajstić information content (AvgIpc) is 2.55. The van der Waals surface area contributed by atoms with Crippen LogP contribution < -0.4 is 9.47 Å². The minimum Gasteiger partial charge on any atom is -0.493 e. The Labute approximate surface area is 131 Å². The predicted molar refractivity (Wildman–Crippen MR) is 82.5 cm³/mol. The Kier molecular flexibility index (Phi) is 6.92. The molecule has 1 aromatic rings. The Bertz CT molecular complexity index is 448. The van der Waals surface area contributed by atoms with E-state index < -0.39 is 6.10 Å². The summed E-state index contributed by atoms with van der Waals surface area (Å²) in [7, 11) is 3.21. The molecule has 22 heavy (non-hydrogen) atoms. The summed E-state index contributed by atoms with van der Waals surface area (Å²) in [5.41, 5.74) is 0.983. The molecule has 0 unspecified atom stereocenters. The van der Waals surface area contributed by atoms with Gasteiger partial charge in [-0.2, -0.15) is 0 Å². The molecule has 0 bridgehead atoms. The fourth-order valence-corrected chi connectivity index (χ4v) is 2.42. The molecule has 1 saturated heterocycles. The maximum absolute atomic E-state index is 10.0. The highest BCUT2D eigenvalue weighted by Crippen LogP contribution is 2.27. The van der Waals surface area contributed by atoms with Crippen molar-refractivity contribution in [3.63, 3.8) is 0 Å². The van der Waals surface area contributed by atoms with Gasteiger partial charge in [0.1, 0.15) is 0 Å². The van der Waals surface area contributed by atoms with Gasteiger partial charge < -0.3 is 24.1 Å². The fourth-order valence-electron chi connectivity index (χ4n) is 2.42. The molecule has 6 nitrogen and oxygen atoms in total. The molecule has 2 rings (SSSR count). The van der Waals surface area contributed by atoms with Crippen molar-refractivity contribution in [3.05, 3.63) is 23.8 Å². The van der Waals surface area contributed by atoms with Crippen molar-refractivity contribution in [2.45, 2.75) is 12.7 Å². The van der Waals surface area contributed by atoms with E-state index >= 15 is 0 Å². The third-order valence-electron chi connectivity index (χ3n) is 3.60. The first-order valence-corrected chi connectivity index (χ1v) is 7.49. The van der Waals surface area contributed by atoms with Crippen LogP contribution in [0.2, 0.25) is 0 Å². The Morgan fingerprint density at radius 2 is 1.91 bits per heavy atom. The summed E-state index contributed by atoms with van der Waals surface area (Å²) in [6, 6.07) is 5.66. The van der Waals surface area contributed by atoms with Crippen LogP contribution >= 0.6 is 0 Å². The number of rotatable bonds is 8. The summed E-state index contributed by atoms with van der Waals surface area (Å²) >= 11 is 0. The molecule has 1 fully saturated rings. The highest BCUT2D eigenvalue weighted by molar-refractivity contribution is 5.42. The van der Waals surface area contributed by atoms with Crippen LogP contribution in [0.5, 0.6) is 11.5 Å². The molecule has 1 heterocycles. The van der Waals surface area contributed by atoms with Crippen LogP contribution in [-0.4, -0.2) is 69.8 Å². The molecule has 0 spiro atoms. The van der Waals surface area contributed by atoms with Crippen molar-refractivity contribution < 1.29 is 24.1 Å². The smallest absolute Gasteiger partial charge is 0.161 e. The van der Waals surface area contributed by atoms with Gasteiger partial charge in [-0.05, 0) is 17.7 Å². The number of benzene rings is 1. The quantitative estimate of drug-likeness (QED) is 0.770. The molecule has 0 amide bonds. The number of β-amino-alcohol motifs (C(OH)–C–C–N with tert-alkyl or cyclic N) is 1. The Hall–Kier alpha value is -1.34. The summed E-state index contributed by atoms with van der Waals surface area (Å²) in [5, 5.41) is 10.0. The molecule has 0 aliphatic carbocycles. The average molecular weight is 311 g/mol. The molecule has 0 saturated carbocycles. The molecule has 1 aliphatic rings. The molecule has 1 N–H and O–H groups in total. The Morgan fingerprint density at radius 3 is 2.59 bits per heavy atom. The Morgan fingerprint density at radius 1 is 1.18 bits per heavy atom. The molecule has 6 heteroatoms. The Balaban J connectivity index is 1.73. The number of methoxy groups -OCH3 is 2. The molecule has 1 atom stereocenters. The van der Waals surface area contributed by atoms with Crippen molar-refractivity contribution in [1.29, 1.82) is 0 Å². The lowest BCUT2D eigenvalue weighted by molar-refractivity contribution is -0.0175. The van der Waals surface area contributed by atoms with Gasteiger partial charge in [-0.25, -0.2) is 0 Å². The number of aliphatic hydroxyl groups is 1. The van der Waals surface area contributed by atoms with E-state index in [4.69, 9.17) is 18.9 Å². The lowest BCUT2D eigenvalue weighted by atomic mass is 10.2. The van der Waals surface area contributed by atoms with E-state index in [1.54, 1.807) is 14.2 Å². The van der Waals surface area contributed by atoms with Gasteiger partial charge in [0.05, 0.1) is 46.8 Å². The zero-order chi connectivity index (χ0) is 15.8. The first kappa shape index (κ1) is 17.0. The largest absolute Gasteiger partial charge is 0.493 e. The van der Waals surface area contributed by atoms with Crippen LogP contribution in [0.1, 0.15) is 5.56 Å². The van der Waals surface area contributed by atoms with E-state index in [-0.39, 0.29) is 0 Å². The second-order valence-corrected chi connectivity index (χ2v) is 5.27. The predicted octanol–water partition coefficient (Wildman–Crippen LogP) is 0.913. The first-order chi connectivity index (χ1) is 10.7.